The molecular weight excluding hydrogens is 713 g/mol. The average molecular weight is 766 g/mol. The molecule has 1 N–H and O–H groups in total. The molecule has 0 unspecified atom stereocenters. The van der Waals surface area contributed by atoms with Crippen molar-refractivity contribution in [2.75, 3.05) is 40.5 Å². The maximum absolute atomic E-state index is 14.7. The van der Waals surface area contributed by atoms with Crippen LogP contribution in [-0.4, -0.2) is 59.2 Å². The van der Waals surface area contributed by atoms with Crippen molar-refractivity contribution < 1.29 is 22.5 Å². The minimum absolute atomic E-state index is 0.293. The Morgan fingerprint density at radius 3 is 2.18 bits per heavy atom. The lowest BCUT2D eigenvalue weighted by atomic mass is 9.78. The number of ether oxygens (including phenoxy) is 2. The first-order chi connectivity index (χ1) is 27.0. The van der Waals surface area contributed by atoms with Crippen molar-refractivity contribution >= 4 is 42.8 Å². The maximum atomic E-state index is 14.7. The molecule has 5 aromatic rings. The second kappa shape index (κ2) is 16.2. The predicted molar refractivity (Wildman–Crippen MR) is 231 cm³/mol. The zero-order valence-electron chi connectivity index (χ0n) is 33.4. The fraction of sp³-hybridized carbons (Fsp3) is 0.286. The summed E-state index contributed by atoms with van der Waals surface area (Å²) in [4.78, 5) is 0.680. The Bertz CT molecular complexity index is 2530. The largest absolute Gasteiger partial charge is 0.385 e. The van der Waals surface area contributed by atoms with E-state index in [1.807, 2.05) is 12.1 Å². The minimum atomic E-state index is -3.86. The van der Waals surface area contributed by atoms with Crippen molar-refractivity contribution in [1.29, 1.82) is 0 Å². The van der Waals surface area contributed by atoms with Gasteiger partial charge in [-0.2, -0.15) is 4.58 Å². The van der Waals surface area contributed by atoms with E-state index in [0.29, 0.717) is 48.9 Å². The van der Waals surface area contributed by atoms with E-state index in [0.717, 1.165) is 28.2 Å². The summed E-state index contributed by atoms with van der Waals surface area (Å²) in [5.74, 6) is 0. The molecule has 5 aromatic carbocycles. The van der Waals surface area contributed by atoms with Gasteiger partial charge >= 0.3 is 0 Å². The van der Waals surface area contributed by atoms with Crippen molar-refractivity contribution in [3.8, 4) is 0 Å². The number of rotatable bonds is 14. The van der Waals surface area contributed by atoms with Crippen LogP contribution in [0, 0.1) is 0 Å². The second-order valence-electron chi connectivity index (χ2n) is 15.7. The molecule has 56 heavy (non-hydrogen) atoms. The molecule has 0 spiro atoms. The van der Waals surface area contributed by atoms with E-state index in [9.17, 15) is 8.42 Å². The first kappa shape index (κ1) is 39.2. The molecular formula is C49H53N2O4S+. The zero-order chi connectivity index (χ0) is 39.5. The smallest absolute Gasteiger partial charge is 0.210 e. The molecule has 288 valence electrons. The lowest BCUT2D eigenvalue weighted by molar-refractivity contribution is -0.441. The molecule has 0 atom stereocenters. The average Bonchev–Trinajstić information content (AvgIpc) is 3.72. The summed E-state index contributed by atoms with van der Waals surface area (Å²) in [6, 6.07) is 36.6. The fourth-order valence-electron chi connectivity index (χ4n) is 8.60. The van der Waals surface area contributed by atoms with Crippen LogP contribution in [0.1, 0.15) is 51.7 Å². The van der Waals surface area contributed by atoms with Crippen LogP contribution in [0.2, 0.25) is 0 Å². The van der Waals surface area contributed by atoms with Gasteiger partial charge in [-0.3, -0.25) is 0 Å². The summed E-state index contributed by atoms with van der Waals surface area (Å²) in [5, 5.41) is 8.45. The third-order valence-corrected chi connectivity index (χ3v) is 13.4. The van der Waals surface area contributed by atoms with Crippen LogP contribution in [0.15, 0.2) is 160 Å². The van der Waals surface area contributed by atoms with E-state index in [4.69, 9.17) is 9.47 Å². The molecule has 6 nitrogen and oxygen atoms in total. The second-order valence-corrected chi connectivity index (χ2v) is 17.6. The van der Waals surface area contributed by atoms with E-state index in [2.05, 4.69) is 135 Å². The lowest BCUT2D eigenvalue weighted by Crippen LogP contribution is -2.32. The lowest BCUT2D eigenvalue weighted by Gasteiger charge is -2.31. The number of benzene rings is 5. The Hall–Kier alpha value is -5.08. The Balaban J connectivity index is 1.36. The molecule has 0 aromatic heterocycles. The van der Waals surface area contributed by atoms with Gasteiger partial charge in [-0.25, -0.2) is 8.42 Å². The van der Waals surface area contributed by atoms with Crippen LogP contribution in [0.3, 0.4) is 0 Å². The normalized spacial score (nSPS) is 16.9. The minimum Gasteiger partial charge on any atom is -0.385 e. The van der Waals surface area contributed by atoms with Crippen LogP contribution in [0.25, 0.3) is 21.5 Å². The molecule has 0 bridgehead atoms. The third kappa shape index (κ3) is 7.32. The highest BCUT2D eigenvalue weighted by Crippen LogP contribution is 2.45. The molecule has 1 aliphatic carbocycles. The van der Waals surface area contributed by atoms with Crippen LogP contribution in [-0.2, 0) is 30.1 Å². The molecule has 0 saturated carbocycles. The van der Waals surface area contributed by atoms with E-state index < -0.39 is 15.3 Å². The zero-order valence-corrected chi connectivity index (χ0v) is 34.2. The van der Waals surface area contributed by atoms with Gasteiger partial charge < -0.3 is 14.8 Å². The van der Waals surface area contributed by atoms with Gasteiger partial charge in [-0.1, -0.05) is 111 Å². The van der Waals surface area contributed by atoms with Gasteiger partial charge in [0.1, 0.15) is 6.61 Å². The van der Waals surface area contributed by atoms with Crippen LogP contribution in [0.5, 0.6) is 0 Å². The summed E-state index contributed by atoms with van der Waals surface area (Å²) < 4.78 is 42.8. The number of hydrogen-bond acceptors (Lipinski definition) is 5. The summed E-state index contributed by atoms with van der Waals surface area (Å²) in [5.41, 5.74) is 6.58. The number of methoxy groups -OCH3 is 2. The van der Waals surface area contributed by atoms with Crippen molar-refractivity contribution in [3.05, 3.63) is 166 Å². The molecule has 0 saturated heterocycles. The Morgan fingerprint density at radius 1 is 0.786 bits per heavy atom. The standard InChI is InChI=1S/C49H52N2O4S/c1-48(2,42-22-14-17-35-15-10-12-20-40(35)42)44(50-31-33-54-5)29-26-37-23-24-38(47(37)56(52,53)39-18-8-7-9-19-39)27-30-45-49(3,4)46-41-21-13-11-16-36(41)25-28-43(46)51(45)32-34-55-6/h7-22,25-30H,23-24,31-34H2,1-6H3/p+1. The molecule has 0 amide bonds. The number of nitrogens with one attached hydrogen (secondary N) is 1. The number of fused-ring (bicyclic) bond motifs is 4. The van der Waals surface area contributed by atoms with Crippen LogP contribution >= 0.6 is 0 Å². The molecule has 7 rings (SSSR count). The van der Waals surface area contributed by atoms with Gasteiger partial charge in [0.05, 0.1) is 21.8 Å². The van der Waals surface area contributed by atoms with Crippen molar-refractivity contribution in [3.63, 3.8) is 0 Å². The summed E-state index contributed by atoms with van der Waals surface area (Å²) in [6.07, 6.45) is 9.54. The maximum Gasteiger partial charge on any atom is 0.210 e. The summed E-state index contributed by atoms with van der Waals surface area (Å²) >= 11 is 0. The summed E-state index contributed by atoms with van der Waals surface area (Å²) in [6.45, 7) is 11.4. The molecule has 1 heterocycles. The van der Waals surface area contributed by atoms with Gasteiger partial charge in [0.2, 0.25) is 15.5 Å². The number of sulfone groups is 1. The highest BCUT2D eigenvalue weighted by Gasteiger charge is 2.45. The monoisotopic (exact) mass is 765 g/mol. The van der Waals surface area contributed by atoms with Crippen LogP contribution in [0.4, 0.5) is 5.69 Å². The van der Waals surface area contributed by atoms with Gasteiger partial charge in [0, 0.05) is 49.6 Å². The van der Waals surface area contributed by atoms with Gasteiger partial charge in [-0.05, 0) is 89.2 Å². The summed E-state index contributed by atoms with van der Waals surface area (Å²) in [7, 11) is -0.432. The number of hydrogen-bond donors (Lipinski definition) is 1. The fourth-order valence-corrected chi connectivity index (χ4v) is 10.4. The first-order valence-corrected chi connectivity index (χ1v) is 21.0. The van der Waals surface area contributed by atoms with E-state index in [-0.39, 0.29) is 5.41 Å². The predicted octanol–water partition coefficient (Wildman–Crippen LogP) is 10.1. The molecule has 1 aliphatic heterocycles. The van der Waals surface area contributed by atoms with Gasteiger partial charge in [0.25, 0.3) is 0 Å². The highest BCUT2D eigenvalue weighted by atomic mass is 32.2. The Kier molecular flexibility index (Phi) is 11.3. The molecule has 0 fully saturated rings. The van der Waals surface area contributed by atoms with E-state index >= 15 is 0 Å². The molecule has 0 radical (unpaired) electrons. The van der Waals surface area contributed by atoms with Crippen molar-refractivity contribution in [2.45, 2.75) is 56.3 Å². The third-order valence-electron chi connectivity index (χ3n) is 11.5. The highest BCUT2D eigenvalue weighted by molar-refractivity contribution is 7.95. The Labute approximate surface area is 332 Å². The SMILES string of the molecule is COCCNC(=CC=C1CCC(C=CC2=[N+](CCOC)c3ccc4ccccc4c3C2(C)C)=C1S(=O)(=O)c1ccccc1)C(C)(C)c1cccc2ccccc12. The van der Waals surface area contributed by atoms with Crippen molar-refractivity contribution in [1.82, 2.24) is 5.32 Å². The van der Waals surface area contributed by atoms with Gasteiger partial charge in [-0.15, -0.1) is 0 Å². The van der Waals surface area contributed by atoms with Crippen molar-refractivity contribution in [2.24, 2.45) is 0 Å². The van der Waals surface area contributed by atoms with Gasteiger partial charge in [0.15, 0.2) is 12.3 Å². The van der Waals surface area contributed by atoms with E-state index in [1.165, 1.54) is 32.7 Å². The molecule has 7 heteroatoms. The van der Waals surface area contributed by atoms with E-state index in [1.54, 1.807) is 38.5 Å². The first-order valence-electron chi connectivity index (χ1n) is 19.5. The number of allylic oxidation sites excluding steroid dienone is 7. The quantitative estimate of drug-likeness (QED) is 0.0901. The number of nitrogens with zero attached hydrogens (tertiary/aromatic N) is 1. The molecule has 2 aliphatic rings. The van der Waals surface area contributed by atoms with Crippen LogP contribution < -0.4 is 5.32 Å². The Morgan fingerprint density at radius 2 is 1.45 bits per heavy atom. The topological polar surface area (TPSA) is 67.6 Å².